The van der Waals surface area contributed by atoms with E-state index in [2.05, 4.69) is 18.8 Å². The number of thiazole rings is 1. The molecule has 41 heavy (non-hydrogen) atoms. The summed E-state index contributed by atoms with van der Waals surface area (Å²) in [7, 11) is 3.02. The Hall–Kier alpha value is -4.05. The molecule has 1 unspecified atom stereocenters. The van der Waals surface area contributed by atoms with Gasteiger partial charge in [-0.15, -0.1) is 0 Å². The van der Waals surface area contributed by atoms with Gasteiger partial charge in [-0.3, -0.25) is 9.36 Å². The van der Waals surface area contributed by atoms with Gasteiger partial charge in [0.2, 0.25) is 0 Å². The van der Waals surface area contributed by atoms with Crippen molar-refractivity contribution in [1.82, 2.24) is 4.57 Å². The van der Waals surface area contributed by atoms with E-state index in [0.29, 0.717) is 55.9 Å². The summed E-state index contributed by atoms with van der Waals surface area (Å²) in [6.45, 7) is 10.1. The number of phenolic OH excluding ortho intramolecular Hbond substituents is 1. The SMILES string of the molecule is COc1cc(C=c2sc3n(c2=O)C(c2ccc(OCCC(C)C)c(OC)c2)C(C(=O)OC(C)C)=C(C)N=3)ccc1O. The van der Waals surface area contributed by atoms with Crippen molar-refractivity contribution in [3.05, 3.63) is 78.5 Å². The van der Waals surface area contributed by atoms with Gasteiger partial charge in [0.05, 0.1) is 48.8 Å². The van der Waals surface area contributed by atoms with Crippen molar-refractivity contribution >= 4 is 23.4 Å². The summed E-state index contributed by atoms with van der Waals surface area (Å²) in [4.78, 5) is 32.4. The zero-order valence-corrected chi connectivity index (χ0v) is 25.2. The molecule has 218 valence electrons. The Morgan fingerprint density at radius 1 is 1.07 bits per heavy atom. The standard InChI is InChI=1S/C31H36N2O7S/c1-17(2)12-13-39-23-11-9-21(16-25(23)38-7)28-27(30(36)40-18(3)4)19(5)32-31-33(28)29(35)26(41-31)15-20-8-10-22(34)24(14-20)37-6/h8-11,14-18,28,34H,12-13H2,1-7H3. The zero-order chi connectivity index (χ0) is 29.8. The summed E-state index contributed by atoms with van der Waals surface area (Å²) < 4.78 is 24.4. The van der Waals surface area contributed by atoms with Crippen molar-refractivity contribution in [3.8, 4) is 23.0 Å². The summed E-state index contributed by atoms with van der Waals surface area (Å²) in [5.74, 6) is 1.32. The third-order valence-electron chi connectivity index (χ3n) is 6.54. The number of esters is 1. The molecule has 0 spiro atoms. The van der Waals surface area contributed by atoms with Gasteiger partial charge in [0.15, 0.2) is 27.8 Å². The molecule has 1 atom stereocenters. The lowest BCUT2D eigenvalue weighted by molar-refractivity contribution is -0.143. The van der Waals surface area contributed by atoms with Gasteiger partial charge in [-0.25, -0.2) is 9.79 Å². The summed E-state index contributed by atoms with van der Waals surface area (Å²) in [6.07, 6.45) is 2.24. The molecule has 10 heteroatoms. The van der Waals surface area contributed by atoms with E-state index in [4.69, 9.17) is 18.9 Å². The third kappa shape index (κ3) is 6.48. The zero-order valence-electron chi connectivity index (χ0n) is 24.4. The fourth-order valence-corrected chi connectivity index (χ4v) is 5.54. The van der Waals surface area contributed by atoms with E-state index >= 15 is 0 Å². The fraction of sp³-hybridized carbons (Fsp3) is 0.387. The number of hydrogen-bond acceptors (Lipinski definition) is 9. The molecular weight excluding hydrogens is 544 g/mol. The van der Waals surface area contributed by atoms with Crippen molar-refractivity contribution in [2.75, 3.05) is 20.8 Å². The number of ether oxygens (including phenoxy) is 4. The van der Waals surface area contributed by atoms with Gasteiger partial charge in [-0.05, 0) is 74.6 Å². The van der Waals surface area contributed by atoms with Gasteiger partial charge in [0.25, 0.3) is 5.56 Å². The number of allylic oxidation sites excluding steroid dienone is 1. The van der Waals surface area contributed by atoms with Crippen LogP contribution < -0.4 is 29.1 Å². The number of rotatable bonds is 10. The van der Waals surface area contributed by atoms with E-state index < -0.39 is 12.0 Å². The molecule has 9 nitrogen and oxygen atoms in total. The Bertz CT molecular complexity index is 1650. The topological polar surface area (TPSA) is 109 Å². The van der Waals surface area contributed by atoms with Gasteiger partial charge in [0.1, 0.15) is 0 Å². The predicted octanol–water partition coefficient (Wildman–Crippen LogP) is 4.33. The molecule has 1 N–H and O–H groups in total. The first-order valence-corrected chi connectivity index (χ1v) is 14.3. The van der Waals surface area contributed by atoms with Gasteiger partial charge in [-0.2, -0.15) is 0 Å². The number of hydrogen-bond donors (Lipinski definition) is 1. The Morgan fingerprint density at radius 3 is 2.46 bits per heavy atom. The van der Waals surface area contributed by atoms with E-state index in [1.54, 1.807) is 58.2 Å². The number of benzene rings is 2. The van der Waals surface area contributed by atoms with Crippen LogP contribution in [0.25, 0.3) is 6.08 Å². The normalized spacial score (nSPS) is 15.1. The first-order chi connectivity index (χ1) is 19.5. The quantitative estimate of drug-likeness (QED) is 0.356. The number of methoxy groups -OCH3 is 2. The molecule has 2 aromatic carbocycles. The molecule has 0 fully saturated rings. The van der Waals surface area contributed by atoms with E-state index in [-0.39, 0.29) is 23.0 Å². The van der Waals surface area contributed by atoms with Crippen LogP contribution in [-0.2, 0) is 9.53 Å². The second kappa shape index (κ2) is 12.6. The Labute approximate surface area is 243 Å². The molecule has 1 aromatic heterocycles. The van der Waals surface area contributed by atoms with Gasteiger partial charge >= 0.3 is 5.97 Å². The Balaban J connectivity index is 1.88. The summed E-state index contributed by atoms with van der Waals surface area (Å²) in [5.41, 5.74) is 1.75. The largest absolute Gasteiger partial charge is 0.504 e. The van der Waals surface area contributed by atoms with Crippen LogP contribution in [-0.4, -0.2) is 42.6 Å². The maximum absolute atomic E-state index is 13.9. The second-order valence-electron chi connectivity index (χ2n) is 10.4. The number of aromatic nitrogens is 1. The number of aromatic hydroxyl groups is 1. The van der Waals surface area contributed by atoms with Crippen LogP contribution in [0.3, 0.4) is 0 Å². The van der Waals surface area contributed by atoms with Crippen LogP contribution in [0.1, 0.15) is 58.2 Å². The first kappa shape index (κ1) is 29.9. The molecule has 4 rings (SSSR count). The number of fused-ring (bicyclic) bond motifs is 1. The minimum absolute atomic E-state index is 0.000575. The number of carbonyl (C=O) groups is 1. The Kier molecular flexibility index (Phi) is 9.22. The lowest BCUT2D eigenvalue weighted by Gasteiger charge is -2.26. The van der Waals surface area contributed by atoms with Crippen LogP contribution >= 0.6 is 11.3 Å². The molecule has 0 radical (unpaired) electrons. The highest BCUT2D eigenvalue weighted by atomic mass is 32.1. The van der Waals surface area contributed by atoms with E-state index in [0.717, 1.165) is 6.42 Å². The molecular formula is C31H36N2O7S. The molecule has 3 aromatic rings. The van der Waals surface area contributed by atoms with E-state index in [1.807, 2.05) is 6.07 Å². The fourth-order valence-electron chi connectivity index (χ4n) is 4.49. The lowest BCUT2D eigenvalue weighted by Crippen LogP contribution is -2.40. The van der Waals surface area contributed by atoms with E-state index in [9.17, 15) is 14.7 Å². The molecule has 2 heterocycles. The number of phenols is 1. The molecule has 1 aliphatic heterocycles. The maximum atomic E-state index is 13.9. The highest BCUT2D eigenvalue weighted by Crippen LogP contribution is 2.36. The number of nitrogens with zero attached hydrogens (tertiary/aromatic N) is 2. The van der Waals surface area contributed by atoms with Crippen LogP contribution in [0.5, 0.6) is 23.0 Å². The predicted molar refractivity (Wildman–Crippen MR) is 158 cm³/mol. The number of carbonyl (C=O) groups excluding carboxylic acids is 1. The molecule has 1 aliphatic rings. The third-order valence-corrected chi connectivity index (χ3v) is 7.53. The molecule has 0 bridgehead atoms. The van der Waals surface area contributed by atoms with Crippen molar-refractivity contribution < 1.29 is 28.8 Å². The summed E-state index contributed by atoms with van der Waals surface area (Å²) >= 11 is 1.21. The summed E-state index contributed by atoms with van der Waals surface area (Å²) in [5, 5.41) is 9.97. The minimum Gasteiger partial charge on any atom is -0.504 e. The lowest BCUT2D eigenvalue weighted by atomic mass is 9.95. The highest BCUT2D eigenvalue weighted by molar-refractivity contribution is 7.07. The van der Waals surface area contributed by atoms with Crippen LogP contribution in [0.4, 0.5) is 0 Å². The van der Waals surface area contributed by atoms with E-state index in [1.165, 1.54) is 29.1 Å². The first-order valence-electron chi connectivity index (χ1n) is 13.4. The van der Waals surface area contributed by atoms with Crippen molar-refractivity contribution in [1.29, 1.82) is 0 Å². The second-order valence-corrected chi connectivity index (χ2v) is 11.4. The minimum atomic E-state index is -0.799. The average Bonchev–Trinajstić information content (AvgIpc) is 3.22. The van der Waals surface area contributed by atoms with Crippen LogP contribution in [0.15, 0.2) is 57.5 Å². The smallest absolute Gasteiger partial charge is 0.338 e. The van der Waals surface area contributed by atoms with Gasteiger partial charge in [-0.1, -0.05) is 37.3 Å². The summed E-state index contributed by atoms with van der Waals surface area (Å²) in [6, 6.07) is 9.46. The molecule has 0 saturated heterocycles. The maximum Gasteiger partial charge on any atom is 0.338 e. The van der Waals surface area contributed by atoms with Crippen molar-refractivity contribution in [2.24, 2.45) is 10.9 Å². The van der Waals surface area contributed by atoms with Crippen molar-refractivity contribution in [2.45, 2.75) is 53.2 Å². The molecule has 0 saturated carbocycles. The Morgan fingerprint density at radius 2 is 1.80 bits per heavy atom. The van der Waals surface area contributed by atoms with Gasteiger partial charge < -0.3 is 24.1 Å². The monoisotopic (exact) mass is 580 g/mol. The molecule has 0 aliphatic carbocycles. The van der Waals surface area contributed by atoms with Crippen LogP contribution in [0, 0.1) is 5.92 Å². The van der Waals surface area contributed by atoms with Crippen LogP contribution in [0.2, 0.25) is 0 Å². The van der Waals surface area contributed by atoms with Gasteiger partial charge in [0, 0.05) is 0 Å². The highest BCUT2D eigenvalue weighted by Gasteiger charge is 2.34. The van der Waals surface area contributed by atoms with Crippen molar-refractivity contribution in [3.63, 3.8) is 0 Å². The molecule has 0 amide bonds. The average molecular weight is 581 g/mol.